The predicted molar refractivity (Wildman–Crippen MR) is 88.2 cm³/mol. The maximum atomic E-state index is 12.7. The SMILES string of the molecule is COCc1ccc(C(=O)N2CCN(C)[C@@H](C(=O)N(C)C)C2)cc1. The van der Waals surface area contributed by atoms with Gasteiger partial charge >= 0.3 is 0 Å². The van der Waals surface area contributed by atoms with Crippen LogP contribution in [0.25, 0.3) is 0 Å². The molecule has 0 radical (unpaired) electrons. The molecule has 0 bridgehead atoms. The Labute approximate surface area is 137 Å². The van der Waals surface area contributed by atoms with Crippen molar-refractivity contribution in [2.75, 3.05) is 47.9 Å². The van der Waals surface area contributed by atoms with Crippen LogP contribution in [-0.4, -0.2) is 80.4 Å². The molecular weight excluding hydrogens is 294 g/mol. The van der Waals surface area contributed by atoms with E-state index in [1.54, 1.807) is 31.0 Å². The molecule has 0 aliphatic carbocycles. The number of likely N-dealkylation sites (N-methyl/N-ethyl adjacent to an activating group) is 2. The molecule has 23 heavy (non-hydrogen) atoms. The Kier molecular flexibility index (Phi) is 5.74. The summed E-state index contributed by atoms with van der Waals surface area (Å²) in [6.07, 6.45) is 0. The molecule has 1 aromatic rings. The average molecular weight is 319 g/mol. The largest absolute Gasteiger partial charge is 0.380 e. The fourth-order valence-corrected chi connectivity index (χ4v) is 2.72. The summed E-state index contributed by atoms with van der Waals surface area (Å²) in [5.74, 6) is -0.000865. The van der Waals surface area contributed by atoms with E-state index >= 15 is 0 Å². The zero-order valence-electron chi connectivity index (χ0n) is 14.3. The van der Waals surface area contributed by atoms with E-state index < -0.39 is 0 Å². The van der Waals surface area contributed by atoms with Crippen LogP contribution in [-0.2, 0) is 16.1 Å². The number of ether oxygens (including phenoxy) is 1. The maximum absolute atomic E-state index is 12.7. The average Bonchev–Trinajstić information content (AvgIpc) is 2.55. The standard InChI is InChI=1S/C17H25N3O3/c1-18(2)17(22)15-11-20(10-9-19(15)3)16(21)14-7-5-13(6-8-14)12-23-4/h5-8,15H,9-12H2,1-4H3/t15-/m1/s1. The molecule has 0 spiro atoms. The molecule has 1 saturated heterocycles. The zero-order chi connectivity index (χ0) is 17.0. The number of nitrogens with zero attached hydrogens (tertiary/aromatic N) is 3. The van der Waals surface area contributed by atoms with Gasteiger partial charge in [-0.1, -0.05) is 12.1 Å². The minimum absolute atomic E-state index is 0.0282. The Morgan fingerprint density at radius 2 is 1.87 bits per heavy atom. The second-order valence-electron chi connectivity index (χ2n) is 6.11. The molecule has 2 amide bonds. The van der Waals surface area contributed by atoms with E-state index in [0.29, 0.717) is 31.8 Å². The Morgan fingerprint density at radius 3 is 2.43 bits per heavy atom. The van der Waals surface area contributed by atoms with Crippen molar-refractivity contribution in [3.8, 4) is 0 Å². The number of amides is 2. The van der Waals surface area contributed by atoms with Gasteiger partial charge in [-0.25, -0.2) is 0 Å². The van der Waals surface area contributed by atoms with Crippen molar-refractivity contribution in [3.63, 3.8) is 0 Å². The van der Waals surface area contributed by atoms with E-state index in [9.17, 15) is 9.59 Å². The number of carbonyl (C=O) groups excluding carboxylic acids is 2. The van der Waals surface area contributed by atoms with E-state index in [0.717, 1.165) is 5.56 Å². The normalized spacial score (nSPS) is 18.8. The summed E-state index contributed by atoms with van der Waals surface area (Å²) < 4.78 is 5.08. The Bertz CT molecular complexity index is 557. The minimum Gasteiger partial charge on any atom is -0.380 e. The molecule has 0 unspecified atom stereocenters. The number of hydrogen-bond acceptors (Lipinski definition) is 4. The Balaban J connectivity index is 2.08. The Hall–Kier alpha value is -1.92. The van der Waals surface area contributed by atoms with Crippen LogP contribution >= 0.6 is 0 Å². The summed E-state index contributed by atoms with van der Waals surface area (Å²) in [5.41, 5.74) is 1.67. The van der Waals surface area contributed by atoms with Crippen LogP contribution in [0.4, 0.5) is 0 Å². The highest BCUT2D eigenvalue weighted by atomic mass is 16.5. The van der Waals surface area contributed by atoms with E-state index in [1.165, 1.54) is 0 Å². The fraction of sp³-hybridized carbons (Fsp3) is 0.529. The molecular formula is C17H25N3O3. The van der Waals surface area contributed by atoms with Gasteiger partial charge in [-0.05, 0) is 24.7 Å². The highest BCUT2D eigenvalue weighted by molar-refractivity contribution is 5.95. The molecule has 6 nitrogen and oxygen atoms in total. The summed E-state index contributed by atoms with van der Waals surface area (Å²) in [5, 5.41) is 0. The molecule has 1 aliphatic rings. The van der Waals surface area contributed by atoms with Crippen LogP contribution < -0.4 is 0 Å². The summed E-state index contributed by atoms with van der Waals surface area (Å²) >= 11 is 0. The van der Waals surface area contributed by atoms with E-state index in [4.69, 9.17) is 4.74 Å². The van der Waals surface area contributed by atoms with Crippen LogP contribution in [0.15, 0.2) is 24.3 Å². The number of benzene rings is 1. The molecule has 1 aromatic carbocycles. The molecule has 0 saturated carbocycles. The molecule has 0 aromatic heterocycles. The lowest BCUT2D eigenvalue weighted by Crippen LogP contribution is -2.58. The number of methoxy groups -OCH3 is 1. The number of rotatable bonds is 4. The lowest BCUT2D eigenvalue weighted by molar-refractivity contribution is -0.135. The highest BCUT2D eigenvalue weighted by Crippen LogP contribution is 2.14. The van der Waals surface area contributed by atoms with Gasteiger partial charge in [0.05, 0.1) is 6.61 Å². The smallest absolute Gasteiger partial charge is 0.253 e. The van der Waals surface area contributed by atoms with Crippen LogP contribution in [0, 0.1) is 0 Å². The van der Waals surface area contributed by atoms with Crippen LogP contribution in [0.3, 0.4) is 0 Å². The predicted octanol–water partition coefficient (Wildman–Crippen LogP) is 0.677. The molecule has 1 aliphatic heterocycles. The van der Waals surface area contributed by atoms with Crippen molar-refractivity contribution in [1.82, 2.24) is 14.7 Å². The molecule has 2 rings (SSSR count). The van der Waals surface area contributed by atoms with Gasteiger partial charge in [0.2, 0.25) is 5.91 Å². The fourth-order valence-electron chi connectivity index (χ4n) is 2.72. The topological polar surface area (TPSA) is 53.1 Å². The number of piperazine rings is 1. The second-order valence-corrected chi connectivity index (χ2v) is 6.11. The summed E-state index contributed by atoms with van der Waals surface area (Å²) in [4.78, 5) is 30.3. The first-order valence-corrected chi connectivity index (χ1v) is 7.72. The molecule has 1 atom stereocenters. The molecule has 0 N–H and O–H groups in total. The third kappa shape index (κ3) is 4.09. The first-order valence-electron chi connectivity index (χ1n) is 7.72. The lowest BCUT2D eigenvalue weighted by Gasteiger charge is -2.39. The number of carbonyl (C=O) groups is 2. The highest BCUT2D eigenvalue weighted by Gasteiger charge is 2.33. The van der Waals surface area contributed by atoms with E-state index in [1.807, 2.05) is 36.2 Å². The first kappa shape index (κ1) is 17.4. The molecule has 126 valence electrons. The molecule has 6 heteroatoms. The van der Waals surface area contributed by atoms with Crippen molar-refractivity contribution >= 4 is 11.8 Å². The summed E-state index contributed by atoms with van der Waals surface area (Å²) in [6.45, 7) is 2.28. The third-order valence-corrected chi connectivity index (χ3v) is 4.17. The summed E-state index contributed by atoms with van der Waals surface area (Å²) in [6, 6.07) is 7.15. The second kappa shape index (κ2) is 7.57. The quantitative estimate of drug-likeness (QED) is 0.819. The third-order valence-electron chi connectivity index (χ3n) is 4.17. The van der Waals surface area contributed by atoms with Crippen molar-refractivity contribution < 1.29 is 14.3 Å². The van der Waals surface area contributed by atoms with Crippen LogP contribution in [0.1, 0.15) is 15.9 Å². The molecule has 1 heterocycles. The number of hydrogen-bond donors (Lipinski definition) is 0. The van der Waals surface area contributed by atoms with Crippen LogP contribution in [0.5, 0.6) is 0 Å². The Morgan fingerprint density at radius 1 is 1.22 bits per heavy atom. The van der Waals surface area contributed by atoms with Gasteiger partial charge in [0.15, 0.2) is 0 Å². The van der Waals surface area contributed by atoms with Gasteiger partial charge in [-0.3, -0.25) is 14.5 Å². The van der Waals surface area contributed by atoms with Gasteiger partial charge in [0, 0.05) is 46.4 Å². The minimum atomic E-state index is -0.282. The maximum Gasteiger partial charge on any atom is 0.253 e. The lowest BCUT2D eigenvalue weighted by atomic mass is 10.1. The van der Waals surface area contributed by atoms with Crippen molar-refractivity contribution in [1.29, 1.82) is 0 Å². The van der Waals surface area contributed by atoms with Gasteiger partial charge in [-0.15, -0.1) is 0 Å². The first-order chi connectivity index (χ1) is 10.9. The van der Waals surface area contributed by atoms with Crippen molar-refractivity contribution in [2.45, 2.75) is 12.6 Å². The van der Waals surface area contributed by atoms with E-state index in [2.05, 4.69) is 0 Å². The van der Waals surface area contributed by atoms with E-state index in [-0.39, 0.29) is 17.9 Å². The zero-order valence-corrected chi connectivity index (χ0v) is 14.3. The van der Waals surface area contributed by atoms with Gasteiger partial charge < -0.3 is 14.5 Å². The van der Waals surface area contributed by atoms with Gasteiger partial charge in [-0.2, -0.15) is 0 Å². The van der Waals surface area contributed by atoms with Gasteiger partial charge in [0.1, 0.15) is 6.04 Å². The summed E-state index contributed by atoms with van der Waals surface area (Å²) in [7, 11) is 7.05. The monoisotopic (exact) mass is 319 g/mol. The molecule has 1 fully saturated rings. The van der Waals surface area contributed by atoms with Crippen molar-refractivity contribution in [2.24, 2.45) is 0 Å². The van der Waals surface area contributed by atoms with Gasteiger partial charge in [0.25, 0.3) is 5.91 Å². The van der Waals surface area contributed by atoms with Crippen LogP contribution in [0.2, 0.25) is 0 Å². The van der Waals surface area contributed by atoms with Crippen molar-refractivity contribution in [3.05, 3.63) is 35.4 Å².